The third-order valence-electron chi connectivity index (χ3n) is 5.19. The number of carbonyl (C=O) groups excluding carboxylic acids is 1. The van der Waals surface area contributed by atoms with E-state index in [4.69, 9.17) is 4.74 Å². The van der Waals surface area contributed by atoms with E-state index in [1.165, 1.54) is 17.1 Å². The van der Waals surface area contributed by atoms with Crippen molar-refractivity contribution >= 4 is 15.9 Å². The van der Waals surface area contributed by atoms with Crippen LogP contribution in [-0.2, 0) is 10.0 Å². The number of sulfonamides is 1. The van der Waals surface area contributed by atoms with Crippen LogP contribution in [0, 0.1) is 5.92 Å². The lowest BCUT2D eigenvalue weighted by Crippen LogP contribution is -2.50. The number of ether oxygens (including phenoxy) is 1. The fraction of sp³-hybridized carbons (Fsp3) is 0.381. The number of carbonyl (C=O) groups is 1. The third kappa shape index (κ3) is 4.20. The number of amides is 1. The van der Waals surface area contributed by atoms with Crippen molar-refractivity contribution in [3.63, 3.8) is 0 Å². The van der Waals surface area contributed by atoms with Gasteiger partial charge < -0.3 is 9.64 Å². The normalized spacial score (nSPS) is 18.1. The Balaban J connectivity index is 1.34. The van der Waals surface area contributed by atoms with Gasteiger partial charge in [-0.05, 0) is 55.2 Å². The van der Waals surface area contributed by atoms with Crippen LogP contribution in [0.3, 0.4) is 0 Å². The zero-order valence-corrected chi connectivity index (χ0v) is 16.5. The molecule has 0 bridgehead atoms. The number of benzene rings is 2. The molecule has 4 rings (SSSR count). The minimum atomic E-state index is -3.51. The lowest BCUT2D eigenvalue weighted by molar-refractivity contribution is 0.0698. The van der Waals surface area contributed by atoms with Crippen molar-refractivity contribution < 1.29 is 17.9 Å². The van der Waals surface area contributed by atoms with Crippen LogP contribution in [0.15, 0.2) is 59.5 Å². The summed E-state index contributed by atoms with van der Waals surface area (Å²) in [5.41, 5.74) is 0.595. The Kier molecular flexibility index (Phi) is 5.37. The van der Waals surface area contributed by atoms with E-state index >= 15 is 0 Å². The number of piperazine rings is 1. The Hall–Kier alpha value is -2.38. The predicted octanol–water partition coefficient (Wildman–Crippen LogP) is 2.62. The molecular formula is C21H24N2O4S. The van der Waals surface area contributed by atoms with Gasteiger partial charge in [0.2, 0.25) is 10.0 Å². The molecule has 0 atom stereocenters. The summed E-state index contributed by atoms with van der Waals surface area (Å²) in [7, 11) is -3.51. The van der Waals surface area contributed by atoms with Gasteiger partial charge in [0.05, 0.1) is 11.5 Å². The zero-order chi connectivity index (χ0) is 19.6. The first-order chi connectivity index (χ1) is 13.5. The molecule has 2 fully saturated rings. The molecule has 1 heterocycles. The minimum absolute atomic E-state index is 0.0782. The highest BCUT2D eigenvalue weighted by atomic mass is 32.2. The molecule has 0 spiro atoms. The van der Waals surface area contributed by atoms with Crippen molar-refractivity contribution in [2.45, 2.75) is 17.7 Å². The molecule has 2 aliphatic rings. The van der Waals surface area contributed by atoms with Gasteiger partial charge in [0.25, 0.3) is 5.91 Å². The van der Waals surface area contributed by atoms with Crippen LogP contribution in [0.2, 0.25) is 0 Å². The molecule has 0 radical (unpaired) electrons. The molecule has 1 amide bonds. The molecule has 1 saturated carbocycles. The van der Waals surface area contributed by atoms with Crippen LogP contribution in [-0.4, -0.2) is 56.3 Å². The van der Waals surface area contributed by atoms with Crippen molar-refractivity contribution in [3.8, 4) is 5.75 Å². The van der Waals surface area contributed by atoms with Gasteiger partial charge in [-0.3, -0.25) is 4.79 Å². The van der Waals surface area contributed by atoms with Gasteiger partial charge in [-0.1, -0.05) is 18.2 Å². The molecule has 6 nitrogen and oxygen atoms in total. The highest BCUT2D eigenvalue weighted by Crippen LogP contribution is 2.29. The first-order valence-electron chi connectivity index (χ1n) is 9.61. The third-order valence-corrected chi connectivity index (χ3v) is 7.10. The molecule has 0 N–H and O–H groups in total. The summed E-state index contributed by atoms with van der Waals surface area (Å²) >= 11 is 0. The predicted molar refractivity (Wildman–Crippen MR) is 106 cm³/mol. The highest BCUT2D eigenvalue weighted by Gasteiger charge is 2.30. The average Bonchev–Trinajstić information content (AvgIpc) is 3.57. The maximum atomic E-state index is 12.7. The monoisotopic (exact) mass is 400 g/mol. The maximum absolute atomic E-state index is 12.7. The SMILES string of the molecule is O=C(c1ccc(OCC2CC2)cc1)N1CCN(S(=O)(=O)c2ccccc2)CC1. The molecular weight excluding hydrogens is 376 g/mol. The Bertz CT molecular complexity index is 917. The van der Waals surface area contributed by atoms with Crippen molar-refractivity contribution in [2.75, 3.05) is 32.8 Å². The molecule has 1 aliphatic heterocycles. The van der Waals surface area contributed by atoms with E-state index in [1.54, 1.807) is 47.4 Å². The van der Waals surface area contributed by atoms with Gasteiger partial charge in [-0.2, -0.15) is 4.31 Å². The smallest absolute Gasteiger partial charge is 0.253 e. The van der Waals surface area contributed by atoms with Crippen LogP contribution in [0.1, 0.15) is 23.2 Å². The topological polar surface area (TPSA) is 66.9 Å². The lowest BCUT2D eigenvalue weighted by Gasteiger charge is -2.34. The summed E-state index contributed by atoms with van der Waals surface area (Å²) in [6.45, 7) is 2.10. The number of hydrogen-bond acceptors (Lipinski definition) is 4. The van der Waals surface area contributed by atoms with E-state index in [0.29, 0.717) is 37.7 Å². The Morgan fingerprint density at radius 3 is 2.18 bits per heavy atom. The molecule has 1 saturated heterocycles. The van der Waals surface area contributed by atoms with Crippen molar-refractivity contribution in [2.24, 2.45) is 5.92 Å². The molecule has 2 aromatic rings. The number of nitrogens with zero attached hydrogens (tertiary/aromatic N) is 2. The first kappa shape index (κ1) is 19.0. The number of hydrogen-bond donors (Lipinski definition) is 0. The summed E-state index contributed by atoms with van der Waals surface area (Å²) in [6, 6.07) is 15.6. The van der Waals surface area contributed by atoms with Gasteiger partial charge in [0, 0.05) is 31.7 Å². The van der Waals surface area contributed by atoms with E-state index in [-0.39, 0.29) is 10.8 Å². The zero-order valence-electron chi connectivity index (χ0n) is 15.7. The summed E-state index contributed by atoms with van der Waals surface area (Å²) < 4.78 is 32.5. The number of rotatable bonds is 6. The van der Waals surface area contributed by atoms with Crippen molar-refractivity contribution in [1.29, 1.82) is 0 Å². The Morgan fingerprint density at radius 2 is 1.57 bits per heavy atom. The van der Waals surface area contributed by atoms with Crippen molar-refractivity contribution in [3.05, 3.63) is 60.2 Å². The van der Waals surface area contributed by atoms with Crippen LogP contribution >= 0.6 is 0 Å². The van der Waals surface area contributed by atoms with E-state index in [0.717, 1.165) is 12.4 Å². The Labute approximate surface area is 165 Å². The maximum Gasteiger partial charge on any atom is 0.253 e. The summed E-state index contributed by atoms with van der Waals surface area (Å²) in [5, 5.41) is 0. The van der Waals surface area contributed by atoms with Gasteiger partial charge in [0.15, 0.2) is 0 Å². The molecule has 0 aromatic heterocycles. The quantitative estimate of drug-likeness (QED) is 0.748. The molecule has 0 unspecified atom stereocenters. The lowest BCUT2D eigenvalue weighted by atomic mass is 10.2. The molecule has 7 heteroatoms. The van der Waals surface area contributed by atoms with Crippen molar-refractivity contribution in [1.82, 2.24) is 9.21 Å². The summed E-state index contributed by atoms with van der Waals surface area (Å²) in [4.78, 5) is 14.7. The molecule has 28 heavy (non-hydrogen) atoms. The van der Waals surface area contributed by atoms with Crippen LogP contribution in [0.5, 0.6) is 5.75 Å². The molecule has 148 valence electrons. The van der Waals surface area contributed by atoms with Crippen LogP contribution in [0.4, 0.5) is 0 Å². The van der Waals surface area contributed by atoms with Gasteiger partial charge in [0.1, 0.15) is 5.75 Å². The standard InChI is InChI=1S/C21H24N2O4S/c24-21(18-8-10-19(11-9-18)27-16-17-6-7-17)22-12-14-23(15-13-22)28(25,26)20-4-2-1-3-5-20/h1-5,8-11,17H,6-7,12-16H2. The van der Waals surface area contributed by atoms with E-state index < -0.39 is 10.0 Å². The van der Waals surface area contributed by atoms with Gasteiger partial charge >= 0.3 is 0 Å². The van der Waals surface area contributed by atoms with E-state index in [1.807, 2.05) is 12.1 Å². The van der Waals surface area contributed by atoms with Crippen LogP contribution in [0.25, 0.3) is 0 Å². The average molecular weight is 401 g/mol. The second-order valence-electron chi connectivity index (χ2n) is 7.29. The highest BCUT2D eigenvalue weighted by molar-refractivity contribution is 7.89. The van der Waals surface area contributed by atoms with Crippen LogP contribution < -0.4 is 4.74 Å². The van der Waals surface area contributed by atoms with E-state index in [2.05, 4.69) is 0 Å². The van der Waals surface area contributed by atoms with Gasteiger partial charge in [-0.25, -0.2) is 8.42 Å². The fourth-order valence-corrected chi connectivity index (χ4v) is 4.69. The second-order valence-corrected chi connectivity index (χ2v) is 9.23. The Morgan fingerprint density at radius 1 is 0.929 bits per heavy atom. The summed E-state index contributed by atoms with van der Waals surface area (Å²) in [6.07, 6.45) is 2.48. The largest absolute Gasteiger partial charge is 0.493 e. The second kappa shape index (κ2) is 7.93. The first-order valence-corrected chi connectivity index (χ1v) is 11.1. The summed E-state index contributed by atoms with van der Waals surface area (Å²) in [5.74, 6) is 1.39. The molecule has 2 aromatic carbocycles. The molecule has 1 aliphatic carbocycles. The van der Waals surface area contributed by atoms with Gasteiger partial charge in [-0.15, -0.1) is 0 Å². The van der Waals surface area contributed by atoms with E-state index in [9.17, 15) is 13.2 Å². The fourth-order valence-electron chi connectivity index (χ4n) is 3.25. The minimum Gasteiger partial charge on any atom is -0.493 e.